The van der Waals surface area contributed by atoms with Crippen LogP contribution in [0.3, 0.4) is 0 Å². The first-order valence-electron chi connectivity index (χ1n) is 11.8. The molecule has 1 aliphatic rings. The average Bonchev–Trinajstić information content (AvgIpc) is 3.14. The second-order valence-electron chi connectivity index (χ2n) is 8.42. The number of carbonyl (C=O) groups excluding carboxylic acids is 3. The Morgan fingerprint density at radius 3 is 2.62 bits per heavy atom. The van der Waals surface area contributed by atoms with E-state index < -0.39 is 23.6 Å². The lowest BCUT2D eigenvalue weighted by atomic mass is 10.1. The van der Waals surface area contributed by atoms with E-state index >= 15 is 0 Å². The molecule has 1 N–H and O–H groups in total. The van der Waals surface area contributed by atoms with Crippen molar-refractivity contribution in [2.24, 2.45) is 0 Å². The number of rotatable bonds is 9. The third kappa shape index (κ3) is 7.27. The third-order valence-corrected chi connectivity index (χ3v) is 7.92. The number of carbonyl (C=O) groups is 3. The highest BCUT2D eigenvalue weighted by molar-refractivity contribution is 14.1. The summed E-state index contributed by atoms with van der Waals surface area (Å²) >= 11 is 15.2. The van der Waals surface area contributed by atoms with Crippen LogP contribution in [0, 0.1) is 10.5 Å². The van der Waals surface area contributed by atoms with Gasteiger partial charge >= 0.3 is 0 Å². The first kappa shape index (κ1) is 29.3. The number of hydrogen-bond donors (Lipinski definition) is 1. The Kier molecular flexibility index (Phi) is 9.81. The monoisotopic (exact) mass is 696 g/mol. The highest BCUT2D eigenvalue weighted by atomic mass is 127. The highest BCUT2D eigenvalue weighted by Crippen LogP contribution is 2.38. The van der Waals surface area contributed by atoms with E-state index in [-0.39, 0.29) is 11.5 Å². The summed E-state index contributed by atoms with van der Waals surface area (Å²) in [6.07, 6.45) is 1.60. The van der Waals surface area contributed by atoms with Crippen LogP contribution in [0.25, 0.3) is 6.08 Å². The highest BCUT2D eigenvalue weighted by Gasteiger charge is 2.36. The van der Waals surface area contributed by atoms with Crippen molar-refractivity contribution in [3.05, 3.63) is 89.8 Å². The summed E-state index contributed by atoms with van der Waals surface area (Å²) in [6.45, 7) is 3.92. The van der Waals surface area contributed by atoms with Gasteiger partial charge in [0, 0.05) is 21.3 Å². The molecule has 0 aromatic heterocycles. The number of imide groups is 1. The molecule has 39 heavy (non-hydrogen) atoms. The summed E-state index contributed by atoms with van der Waals surface area (Å²) in [7, 11) is 0. The van der Waals surface area contributed by atoms with E-state index in [1.54, 1.807) is 36.4 Å². The van der Waals surface area contributed by atoms with E-state index in [9.17, 15) is 14.4 Å². The zero-order valence-corrected chi connectivity index (χ0v) is 25.4. The van der Waals surface area contributed by atoms with Crippen LogP contribution in [0.5, 0.6) is 11.5 Å². The number of amides is 3. The molecule has 202 valence electrons. The van der Waals surface area contributed by atoms with Crippen LogP contribution < -0.4 is 14.8 Å². The van der Waals surface area contributed by atoms with Crippen LogP contribution in [-0.2, 0) is 16.2 Å². The summed E-state index contributed by atoms with van der Waals surface area (Å²) in [6, 6.07) is 16.1. The summed E-state index contributed by atoms with van der Waals surface area (Å²) < 4.78 is 12.6. The van der Waals surface area contributed by atoms with Crippen molar-refractivity contribution in [2.75, 3.05) is 18.5 Å². The lowest BCUT2D eigenvalue weighted by Gasteiger charge is -2.15. The molecule has 0 spiro atoms. The predicted octanol–water partition coefficient (Wildman–Crippen LogP) is 7.56. The minimum atomic E-state index is -0.546. The molecule has 0 aliphatic carbocycles. The van der Waals surface area contributed by atoms with Gasteiger partial charge in [-0.1, -0.05) is 47.5 Å². The maximum atomic E-state index is 13.0. The predicted molar refractivity (Wildman–Crippen MR) is 164 cm³/mol. The second kappa shape index (κ2) is 13.1. The number of ether oxygens (including phenoxy) is 2. The van der Waals surface area contributed by atoms with E-state index in [4.69, 9.17) is 32.7 Å². The van der Waals surface area contributed by atoms with Gasteiger partial charge in [0.05, 0.1) is 15.1 Å². The van der Waals surface area contributed by atoms with Crippen LogP contribution >= 0.6 is 57.6 Å². The Balaban J connectivity index is 1.50. The summed E-state index contributed by atoms with van der Waals surface area (Å²) in [5.41, 5.74) is 2.81. The molecule has 4 rings (SSSR count). The van der Waals surface area contributed by atoms with Gasteiger partial charge in [-0.25, -0.2) is 0 Å². The first-order valence-corrected chi connectivity index (χ1v) is 14.4. The Morgan fingerprint density at radius 2 is 1.87 bits per heavy atom. The molecule has 11 heteroatoms. The molecule has 1 saturated heterocycles. The van der Waals surface area contributed by atoms with Gasteiger partial charge in [0.25, 0.3) is 11.1 Å². The van der Waals surface area contributed by atoms with Crippen LogP contribution in [0.2, 0.25) is 10.0 Å². The molecule has 7 nitrogen and oxygen atoms in total. The van der Waals surface area contributed by atoms with Gasteiger partial charge in [-0.05, 0) is 95.7 Å². The fourth-order valence-corrected chi connectivity index (χ4v) is 5.67. The topological polar surface area (TPSA) is 84.9 Å². The van der Waals surface area contributed by atoms with Gasteiger partial charge in [0.1, 0.15) is 13.2 Å². The zero-order valence-electron chi connectivity index (χ0n) is 20.9. The SMILES string of the molecule is CCOc1cc(/C=C2/SC(=O)N(CC(=O)Nc3cc(Cl)ccc3C)C2=O)cc(I)c1OCc1ccccc1Cl. The molecule has 3 aromatic carbocycles. The fraction of sp³-hybridized carbons (Fsp3) is 0.179. The Bertz CT molecular complexity index is 1480. The van der Waals surface area contributed by atoms with Gasteiger partial charge in [0.15, 0.2) is 11.5 Å². The van der Waals surface area contributed by atoms with Gasteiger partial charge < -0.3 is 14.8 Å². The van der Waals surface area contributed by atoms with E-state index in [2.05, 4.69) is 27.9 Å². The molecular weight excluding hydrogens is 674 g/mol. The quantitative estimate of drug-likeness (QED) is 0.184. The molecule has 0 radical (unpaired) electrons. The van der Waals surface area contributed by atoms with Crippen molar-refractivity contribution in [1.82, 2.24) is 4.90 Å². The Labute approximate surface area is 254 Å². The van der Waals surface area contributed by atoms with Crippen molar-refractivity contribution in [3.63, 3.8) is 0 Å². The molecule has 0 unspecified atom stereocenters. The fourth-order valence-electron chi connectivity index (χ4n) is 3.69. The van der Waals surface area contributed by atoms with Crippen molar-refractivity contribution in [2.45, 2.75) is 20.5 Å². The number of benzene rings is 3. The Hall–Kier alpha value is -2.73. The molecule has 0 bridgehead atoms. The van der Waals surface area contributed by atoms with Crippen LogP contribution in [-0.4, -0.2) is 35.1 Å². The van der Waals surface area contributed by atoms with Gasteiger partial charge in [-0.15, -0.1) is 0 Å². The maximum Gasteiger partial charge on any atom is 0.294 e. The van der Waals surface area contributed by atoms with Crippen LogP contribution in [0.4, 0.5) is 10.5 Å². The van der Waals surface area contributed by atoms with Crippen molar-refractivity contribution in [3.8, 4) is 11.5 Å². The number of anilines is 1. The largest absolute Gasteiger partial charge is 0.490 e. The summed E-state index contributed by atoms with van der Waals surface area (Å²) in [5.74, 6) is 0.000837. The van der Waals surface area contributed by atoms with Crippen LogP contribution in [0.1, 0.15) is 23.6 Å². The lowest BCUT2D eigenvalue weighted by molar-refractivity contribution is -0.127. The molecule has 3 amide bonds. The number of aryl methyl sites for hydroxylation is 1. The molecular formula is C28H23Cl2IN2O5S. The van der Waals surface area contributed by atoms with Gasteiger partial charge in [-0.2, -0.15) is 0 Å². The molecule has 1 heterocycles. The standard InChI is InChI=1S/C28H23Cl2IN2O5S/c1-3-37-23-11-17(10-21(31)26(23)38-15-18-6-4-5-7-20(18)30)12-24-27(35)33(28(36)39-24)14-25(34)32-22-13-19(29)9-8-16(22)2/h4-13H,3,14-15H2,1-2H3,(H,32,34)/b24-12+. The zero-order chi connectivity index (χ0) is 28.1. The summed E-state index contributed by atoms with van der Waals surface area (Å²) in [4.78, 5) is 39.4. The second-order valence-corrected chi connectivity index (χ2v) is 11.4. The normalized spacial score (nSPS) is 14.2. The number of halogens is 3. The summed E-state index contributed by atoms with van der Waals surface area (Å²) in [5, 5.41) is 3.25. The van der Waals surface area contributed by atoms with E-state index in [0.29, 0.717) is 39.4 Å². The number of nitrogens with one attached hydrogen (secondary N) is 1. The Morgan fingerprint density at radius 1 is 1.10 bits per heavy atom. The number of nitrogens with zero attached hydrogens (tertiary/aromatic N) is 1. The van der Waals surface area contributed by atoms with Crippen molar-refractivity contribution in [1.29, 1.82) is 0 Å². The number of thioether (sulfide) groups is 1. The minimum Gasteiger partial charge on any atom is -0.490 e. The molecule has 1 fully saturated rings. The third-order valence-electron chi connectivity index (χ3n) is 5.61. The molecule has 1 aliphatic heterocycles. The van der Waals surface area contributed by atoms with E-state index in [0.717, 1.165) is 31.4 Å². The van der Waals surface area contributed by atoms with Crippen molar-refractivity contribution < 1.29 is 23.9 Å². The van der Waals surface area contributed by atoms with Crippen LogP contribution in [0.15, 0.2) is 59.5 Å². The molecule has 0 saturated carbocycles. The average molecular weight is 697 g/mol. The van der Waals surface area contributed by atoms with E-state index in [1.165, 1.54) is 0 Å². The first-order chi connectivity index (χ1) is 18.7. The van der Waals surface area contributed by atoms with Gasteiger partial charge in [0.2, 0.25) is 5.91 Å². The smallest absolute Gasteiger partial charge is 0.294 e. The lowest BCUT2D eigenvalue weighted by Crippen LogP contribution is -2.36. The minimum absolute atomic E-state index is 0.203. The number of hydrogen-bond acceptors (Lipinski definition) is 6. The van der Waals surface area contributed by atoms with Crippen molar-refractivity contribution >= 4 is 86.4 Å². The molecule has 3 aromatic rings. The van der Waals surface area contributed by atoms with E-state index in [1.807, 2.05) is 38.1 Å². The van der Waals surface area contributed by atoms with Gasteiger partial charge in [-0.3, -0.25) is 19.3 Å². The molecule has 0 atom stereocenters. The maximum absolute atomic E-state index is 13.0.